The SMILES string of the molecule is CCCC1CC(=O)N(CCCNCC(C)C)C1. The van der Waals surface area contributed by atoms with Crippen LogP contribution in [0.15, 0.2) is 0 Å². The standard InChI is InChI=1S/C14H28N2O/c1-4-6-13-9-14(17)16(11-13)8-5-7-15-10-12(2)3/h12-13,15H,4-11H2,1-3H3. The average molecular weight is 240 g/mol. The Kier molecular flexibility index (Phi) is 6.56. The van der Waals surface area contributed by atoms with E-state index in [1.165, 1.54) is 12.8 Å². The Morgan fingerprint density at radius 2 is 2.24 bits per heavy atom. The minimum atomic E-state index is 0.368. The van der Waals surface area contributed by atoms with E-state index in [1.807, 2.05) is 0 Å². The summed E-state index contributed by atoms with van der Waals surface area (Å²) in [5, 5.41) is 3.42. The van der Waals surface area contributed by atoms with E-state index < -0.39 is 0 Å². The number of likely N-dealkylation sites (tertiary alicyclic amines) is 1. The number of rotatable bonds is 8. The van der Waals surface area contributed by atoms with Gasteiger partial charge < -0.3 is 10.2 Å². The Morgan fingerprint density at radius 1 is 1.47 bits per heavy atom. The molecule has 100 valence electrons. The van der Waals surface area contributed by atoms with Crippen LogP contribution in [0, 0.1) is 11.8 Å². The Balaban J connectivity index is 2.09. The fraction of sp³-hybridized carbons (Fsp3) is 0.929. The molecule has 0 aromatic rings. The van der Waals surface area contributed by atoms with Crippen LogP contribution in [0.5, 0.6) is 0 Å². The van der Waals surface area contributed by atoms with Crippen LogP contribution in [-0.4, -0.2) is 37.0 Å². The van der Waals surface area contributed by atoms with Crippen LogP contribution in [0.2, 0.25) is 0 Å². The maximum Gasteiger partial charge on any atom is 0.222 e. The molecule has 0 aromatic carbocycles. The summed E-state index contributed by atoms with van der Waals surface area (Å²) in [6.07, 6.45) is 4.26. The topological polar surface area (TPSA) is 32.3 Å². The van der Waals surface area contributed by atoms with Gasteiger partial charge >= 0.3 is 0 Å². The molecule has 1 unspecified atom stereocenters. The third-order valence-electron chi connectivity index (χ3n) is 3.33. The number of hydrogen-bond acceptors (Lipinski definition) is 2. The molecule has 0 bridgehead atoms. The Hall–Kier alpha value is -0.570. The van der Waals surface area contributed by atoms with Gasteiger partial charge in [-0.05, 0) is 37.8 Å². The maximum absolute atomic E-state index is 11.7. The summed E-state index contributed by atoms with van der Waals surface area (Å²) in [4.78, 5) is 13.8. The van der Waals surface area contributed by atoms with E-state index in [4.69, 9.17) is 0 Å². The molecule has 0 aromatic heterocycles. The van der Waals surface area contributed by atoms with Crippen LogP contribution in [-0.2, 0) is 4.79 Å². The molecule has 0 spiro atoms. The number of hydrogen-bond donors (Lipinski definition) is 1. The van der Waals surface area contributed by atoms with Crippen LogP contribution in [0.1, 0.15) is 46.5 Å². The van der Waals surface area contributed by atoms with Crippen LogP contribution in [0.4, 0.5) is 0 Å². The lowest BCUT2D eigenvalue weighted by molar-refractivity contribution is -0.127. The van der Waals surface area contributed by atoms with Gasteiger partial charge in [-0.2, -0.15) is 0 Å². The van der Waals surface area contributed by atoms with Crippen molar-refractivity contribution >= 4 is 5.91 Å². The summed E-state index contributed by atoms with van der Waals surface area (Å²) in [7, 11) is 0. The zero-order chi connectivity index (χ0) is 12.7. The molecule has 17 heavy (non-hydrogen) atoms. The zero-order valence-corrected chi connectivity index (χ0v) is 11.7. The summed E-state index contributed by atoms with van der Waals surface area (Å²) in [5.74, 6) is 1.70. The molecule has 1 N–H and O–H groups in total. The normalized spacial score (nSPS) is 20.6. The minimum absolute atomic E-state index is 0.368. The highest BCUT2D eigenvalue weighted by molar-refractivity contribution is 5.78. The van der Waals surface area contributed by atoms with E-state index in [0.29, 0.717) is 17.7 Å². The van der Waals surface area contributed by atoms with Gasteiger partial charge in [-0.15, -0.1) is 0 Å². The Labute approximate surface area is 106 Å². The number of nitrogens with one attached hydrogen (secondary N) is 1. The van der Waals surface area contributed by atoms with Crippen molar-refractivity contribution in [2.24, 2.45) is 11.8 Å². The third-order valence-corrected chi connectivity index (χ3v) is 3.33. The average Bonchev–Trinajstić information content (AvgIpc) is 2.59. The molecule has 0 radical (unpaired) electrons. The van der Waals surface area contributed by atoms with Crippen molar-refractivity contribution in [1.82, 2.24) is 10.2 Å². The summed E-state index contributed by atoms with van der Waals surface area (Å²) >= 11 is 0. The molecule has 1 rings (SSSR count). The second-order valence-corrected chi connectivity index (χ2v) is 5.65. The highest BCUT2D eigenvalue weighted by Gasteiger charge is 2.27. The quantitative estimate of drug-likeness (QED) is 0.660. The molecule has 1 aliphatic rings. The number of nitrogens with zero attached hydrogens (tertiary/aromatic N) is 1. The molecule has 1 aliphatic heterocycles. The fourth-order valence-corrected chi connectivity index (χ4v) is 2.46. The number of amides is 1. The van der Waals surface area contributed by atoms with Gasteiger partial charge in [0.15, 0.2) is 0 Å². The van der Waals surface area contributed by atoms with E-state index in [2.05, 4.69) is 31.0 Å². The summed E-state index contributed by atoms with van der Waals surface area (Å²) in [5.41, 5.74) is 0. The molecule has 3 nitrogen and oxygen atoms in total. The first kappa shape index (κ1) is 14.5. The van der Waals surface area contributed by atoms with Gasteiger partial charge in [-0.25, -0.2) is 0 Å². The highest BCUT2D eigenvalue weighted by Crippen LogP contribution is 2.21. The van der Waals surface area contributed by atoms with Gasteiger partial charge in [0.2, 0.25) is 5.91 Å². The predicted octanol–water partition coefficient (Wildman–Crippen LogP) is 2.27. The van der Waals surface area contributed by atoms with Gasteiger partial charge in [-0.3, -0.25) is 4.79 Å². The smallest absolute Gasteiger partial charge is 0.222 e. The van der Waals surface area contributed by atoms with E-state index >= 15 is 0 Å². The summed E-state index contributed by atoms with van der Waals surface area (Å²) in [6.45, 7) is 10.7. The molecule has 0 aliphatic carbocycles. The number of carbonyl (C=O) groups is 1. The molecule has 1 fully saturated rings. The van der Waals surface area contributed by atoms with Crippen LogP contribution < -0.4 is 5.32 Å². The maximum atomic E-state index is 11.7. The fourth-order valence-electron chi connectivity index (χ4n) is 2.46. The van der Waals surface area contributed by atoms with E-state index in [0.717, 1.165) is 39.0 Å². The molecule has 3 heteroatoms. The monoisotopic (exact) mass is 240 g/mol. The lowest BCUT2D eigenvalue weighted by Crippen LogP contribution is -2.29. The predicted molar refractivity (Wildman–Crippen MR) is 71.9 cm³/mol. The first-order valence-corrected chi connectivity index (χ1v) is 7.12. The van der Waals surface area contributed by atoms with Crippen molar-refractivity contribution in [2.75, 3.05) is 26.2 Å². The van der Waals surface area contributed by atoms with Crippen LogP contribution >= 0.6 is 0 Å². The molecular weight excluding hydrogens is 212 g/mol. The molecule has 0 saturated carbocycles. The Morgan fingerprint density at radius 3 is 2.88 bits per heavy atom. The third kappa shape index (κ3) is 5.53. The minimum Gasteiger partial charge on any atom is -0.342 e. The van der Waals surface area contributed by atoms with Gasteiger partial charge in [0.1, 0.15) is 0 Å². The number of carbonyl (C=O) groups excluding carboxylic acids is 1. The van der Waals surface area contributed by atoms with Gasteiger partial charge in [0, 0.05) is 19.5 Å². The largest absolute Gasteiger partial charge is 0.342 e. The molecule has 1 heterocycles. The zero-order valence-electron chi connectivity index (χ0n) is 11.7. The first-order valence-electron chi connectivity index (χ1n) is 7.12. The summed E-state index contributed by atoms with van der Waals surface area (Å²) < 4.78 is 0. The second-order valence-electron chi connectivity index (χ2n) is 5.65. The van der Waals surface area contributed by atoms with Crippen LogP contribution in [0.25, 0.3) is 0 Å². The van der Waals surface area contributed by atoms with Gasteiger partial charge in [-0.1, -0.05) is 27.2 Å². The van der Waals surface area contributed by atoms with Crippen molar-refractivity contribution in [3.63, 3.8) is 0 Å². The van der Waals surface area contributed by atoms with Crippen molar-refractivity contribution in [2.45, 2.75) is 46.5 Å². The molecular formula is C14H28N2O. The summed E-state index contributed by atoms with van der Waals surface area (Å²) in [6, 6.07) is 0. The van der Waals surface area contributed by atoms with Crippen molar-refractivity contribution in [1.29, 1.82) is 0 Å². The molecule has 1 saturated heterocycles. The van der Waals surface area contributed by atoms with E-state index in [9.17, 15) is 4.79 Å². The molecule has 1 atom stereocenters. The molecule has 1 amide bonds. The van der Waals surface area contributed by atoms with E-state index in [-0.39, 0.29) is 0 Å². The van der Waals surface area contributed by atoms with E-state index in [1.54, 1.807) is 0 Å². The Bertz CT molecular complexity index is 228. The van der Waals surface area contributed by atoms with Crippen molar-refractivity contribution in [3.8, 4) is 0 Å². The van der Waals surface area contributed by atoms with Gasteiger partial charge in [0.05, 0.1) is 0 Å². The lowest BCUT2D eigenvalue weighted by atomic mass is 10.0. The van der Waals surface area contributed by atoms with Crippen molar-refractivity contribution in [3.05, 3.63) is 0 Å². The van der Waals surface area contributed by atoms with Crippen LogP contribution in [0.3, 0.4) is 0 Å². The van der Waals surface area contributed by atoms with Gasteiger partial charge in [0.25, 0.3) is 0 Å². The first-order chi connectivity index (χ1) is 8.13. The second kappa shape index (κ2) is 7.70. The lowest BCUT2D eigenvalue weighted by Gasteiger charge is -2.17. The van der Waals surface area contributed by atoms with Crippen molar-refractivity contribution < 1.29 is 4.79 Å². The highest BCUT2D eigenvalue weighted by atomic mass is 16.2.